The van der Waals surface area contributed by atoms with E-state index in [4.69, 9.17) is 9.47 Å². The van der Waals surface area contributed by atoms with Crippen LogP contribution in [0.1, 0.15) is 28.5 Å². The average molecular weight is 416 g/mol. The van der Waals surface area contributed by atoms with Crippen LogP contribution in [0.3, 0.4) is 0 Å². The molecule has 1 aromatic carbocycles. The van der Waals surface area contributed by atoms with E-state index < -0.39 is 11.2 Å². The minimum absolute atomic E-state index is 0.255. The first-order chi connectivity index (χ1) is 14.0. The van der Waals surface area contributed by atoms with Gasteiger partial charge in [-0.2, -0.15) is 0 Å². The molecule has 0 aliphatic carbocycles. The fraction of sp³-hybridized carbons (Fsp3) is 0.429. The van der Waals surface area contributed by atoms with E-state index in [9.17, 15) is 14.4 Å². The van der Waals surface area contributed by atoms with Crippen molar-refractivity contribution in [2.45, 2.75) is 25.5 Å². The molecule has 0 bridgehead atoms. The zero-order valence-corrected chi connectivity index (χ0v) is 17.6. The van der Waals surface area contributed by atoms with Crippen molar-refractivity contribution in [2.75, 3.05) is 32.6 Å². The molecule has 1 aliphatic rings. The van der Waals surface area contributed by atoms with Gasteiger partial charge in [0.25, 0.3) is 5.91 Å². The minimum atomic E-state index is -0.542. The van der Waals surface area contributed by atoms with Crippen LogP contribution in [0.15, 0.2) is 24.3 Å². The Morgan fingerprint density at radius 1 is 1.28 bits per heavy atom. The van der Waals surface area contributed by atoms with Crippen molar-refractivity contribution in [1.29, 1.82) is 0 Å². The summed E-state index contributed by atoms with van der Waals surface area (Å²) in [7, 11) is 1.33. The fourth-order valence-corrected chi connectivity index (χ4v) is 4.53. The third-order valence-corrected chi connectivity index (χ3v) is 6.15. The zero-order valence-electron chi connectivity index (χ0n) is 16.8. The Morgan fingerprint density at radius 2 is 2.03 bits per heavy atom. The number of fused-ring (bicyclic) bond motifs is 1. The van der Waals surface area contributed by atoms with E-state index in [-0.39, 0.29) is 25.0 Å². The number of ether oxygens (including phenoxy) is 2. The summed E-state index contributed by atoms with van der Waals surface area (Å²) < 4.78 is 10.1. The second-order valence-electron chi connectivity index (χ2n) is 6.73. The molecule has 29 heavy (non-hydrogen) atoms. The number of carbonyl (C=O) groups is 3. The molecule has 1 fully saturated rings. The molecule has 1 atom stereocenters. The summed E-state index contributed by atoms with van der Waals surface area (Å²) in [6.07, 6.45) is 0.691. The van der Waals surface area contributed by atoms with Crippen LogP contribution in [0.5, 0.6) is 0 Å². The van der Waals surface area contributed by atoms with Gasteiger partial charge in [0.15, 0.2) is 6.61 Å². The van der Waals surface area contributed by atoms with Crippen molar-refractivity contribution in [3.05, 3.63) is 41.1 Å². The SMILES string of the molecule is CCc1nc2ccccc2c(C(=O)OCC(=O)N2CCS[C@@H](C(=O)OC)C2)c1C. The first-order valence-electron chi connectivity index (χ1n) is 9.48. The summed E-state index contributed by atoms with van der Waals surface area (Å²) >= 11 is 1.46. The van der Waals surface area contributed by atoms with Crippen molar-refractivity contribution in [3.8, 4) is 0 Å². The molecule has 1 saturated heterocycles. The molecule has 1 amide bonds. The standard InChI is InChI=1S/C21H24N2O5S/c1-4-15-13(2)19(14-7-5-6-8-16(14)22-15)21(26)28-12-18(24)23-9-10-29-17(11-23)20(25)27-3/h5-8,17H,4,9-12H2,1-3H3/t17-/m1/s1. The van der Waals surface area contributed by atoms with Crippen LogP contribution in [0.4, 0.5) is 0 Å². The highest BCUT2D eigenvalue weighted by atomic mass is 32.2. The molecule has 0 saturated carbocycles. The number of aryl methyl sites for hydroxylation is 1. The van der Waals surface area contributed by atoms with Crippen molar-refractivity contribution in [2.24, 2.45) is 0 Å². The Morgan fingerprint density at radius 3 is 2.76 bits per heavy atom. The lowest BCUT2D eigenvalue weighted by atomic mass is 10.0. The molecule has 0 unspecified atom stereocenters. The van der Waals surface area contributed by atoms with Gasteiger partial charge in [-0.05, 0) is 25.0 Å². The lowest BCUT2D eigenvalue weighted by Crippen LogP contribution is -2.46. The summed E-state index contributed by atoms with van der Waals surface area (Å²) in [4.78, 5) is 43.3. The quantitative estimate of drug-likeness (QED) is 0.692. The maximum atomic E-state index is 12.9. The molecule has 1 aromatic heterocycles. The average Bonchev–Trinajstić information content (AvgIpc) is 2.76. The van der Waals surface area contributed by atoms with E-state index in [1.54, 1.807) is 4.90 Å². The maximum absolute atomic E-state index is 12.9. The normalized spacial score (nSPS) is 16.5. The lowest BCUT2D eigenvalue weighted by molar-refractivity contribution is -0.141. The molecule has 0 N–H and O–H groups in total. The molecule has 3 rings (SSSR count). The Hall–Kier alpha value is -2.61. The number of rotatable bonds is 5. The van der Waals surface area contributed by atoms with E-state index in [1.165, 1.54) is 18.9 Å². The van der Waals surface area contributed by atoms with Crippen LogP contribution in [0.2, 0.25) is 0 Å². The second-order valence-corrected chi connectivity index (χ2v) is 8.04. The number of hydrogen-bond acceptors (Lipinski definition) is 7. The first kappa shape index (κ1) is 21.1. The monoisotopic (exact) mass is 416 g/mol. The smallest absolute Gasteiger partial charge is 0.339 e. The molecule has 7 nitrogen and oxygen atoms in total. The summed E-state index contributed by atoms with van der Waals surface area (Å²) in [6, 6.07) is 7.40. The summed E-state index contributed by atoms with van der Waals surface area (Å²) in [5.74, 6) is -0.581. The van der Waals surface area contributed by atoms with Gasteiger partial charge < -0.3 is 14.4 Å². The molecule has 0 spiro atoms. The van der Waals surface area contributed by atoms with Crippen LogP contribution in [-0.4, -0.2) is 65.5 Å². The number of carbonyl (C=O) groups excluding carboxylic acids is 3. The number of amides is 1. The summed E-state index contributed by atoms with van der Waals surface area (Å²) in [5, 5.41) is 0.298. The van der Waals surface area contributed by atoms with Crippen LogP contribution in [0.25, 0.3) is 10.9 Å². The van der Waals surface area contributed by atoms with Gasteiger partial charge >= 0.3 is 11.9 Å². The van der Waals surface area contributed by atoms with Gasteiger partial charge in [-0.15, -0.1) is 11.8 Å². The number of esters is 2. The van der Waals surface area contributed by atoms with Gasteiger partial charge in [-0.25, -0.2) is 4.79 Å². The van der Waals surface area contributed by atoms with Crippen molar-refractivity contribution in [1.82, 2.24) is 9.88 Å². The lowest BCUT2D eigenvalue weighted by Gasteiger charge is -2.30. The molecule has 8 heteroatoms. The molecule has 0 radical (unpaired) electrons. The van der Waals surface area contributed by atoms with E-state index >= 15 is 0 Å². The number of thioether (sulfide) groups is 1. The molecular formula is C21H24N2O5S. The van der Waals surface area contributed by atoms with Gasteiger partial charge in [0.1, 0.15) is 5.25 Å². The van der Waals surface area contributed by atoms with E-state index in [0.29, 0.717) is 29.7 Å². The molecular weight excluding hydrogens is 392 g/mol. The van der Waals surface area contributed by atoms with E-state index in [0.717, 1.165) is 16.8 Å². The van der Waals surface area contributed by atoms with Gasteiger partial charge in [0.2, 0.25) is 0 Å². The number of aromatic nitrogens is 1. The second kappa shape index (κ2) is 9.26. The highest BCUT2D eigenvalue weighted by Gasteiger charge is 2.30. The van der Waals surface area contributed by atoms with Crippen molar-refractivity contribution >= 4 is 40.5 Å². The number of benzene rings is 1. The van der Waals surface area contributed by atoms with Crippen molar-refractivity contribution in [3.63, 3.8) is 0 Å². The summed E-state index contributed by atoms with van der Waals surface area (Å²) in [6.45, 7) is 4.22. The third-order valence-electron chi connectivity index (χ3n) is 4.99. The number of para-hydroxylation sites is 1. The van der Waals surface area contributed by atoms with Crippen molar-refractivity contribution < 1.29 is 23.9 Å². The van der Waals surface area contributed by atoms with Crippen LogP contribution < -0.4 is 0 Å². The Labute approximate surface area is 173 Å². The minimum Gasteiger partial charge on any atom is -0.468 e. The van der Waals surface area contributed by atoms with Crippen LogP contribution >= 0.6 is 11.8 Å². The maximum Gasteiger partial charge on any atom is 0.339 e. The predicted molar refractivity (Wildman–Crippen MR) is 111 cm³/mol. The van der Waals surface area contributed by atoms with E-state index in [2.05, 4.69) is 4.98 Å². The molecule has 2 aromatic rings. The number of hydrogen-bond donors (Lipinski definition) is 0. The Bertz CT molecular complexity index is 946. The molecule has 154 valence electrons. The Balaban J connectivity index is 1.73. The third kappa shape index (κ3) is 4.53. The predicted octanol–water partition coefficient (Wildman–Crippen LogP) is 2.38. The Kier molecular flexibility index (Phi) is 6.74. The zero-order chi connectivity index (χ0) is 21.0. The molecule has 1 aliphatic heterocycles. The van der Waals surface area contributed by atoms with Crippen LogP contribution in [0, 0.1) is 6.92 Å². The van der Waals surface area contributed by atoms with Crippen LogP contribution in [-0.2, 0) is 25.5 Å². The van der Waals surface area contributed by atoms with Gasteiger partial charge in [-0.3, -0.25) is 14.6 Å². The largest absolute Gasteiger partial charge is 0.468 e. The molecule has 2 heterocycles. The van der Waals surface area contributed by atoms with Gasteiger partial charge in [0.05, 0.1) is 18.2 Å². The van der Waals surface area contributed by atoms with E-state index in [1.807, 2.05) is 38.1 Å². The highest BCUT2D eigenvalue weighted by Crippen LogP contribution is 2.25. The van der Waals surface area contributed by atoms with Gasteiger partial charge in [0, 0.05) is 29.9 Å². The highest BCUT2D eigenvalue weighted by molar-refractivity contribution is 8.00. The number of pyridine rings is 1. The topological polar surface area (TPSA) is 85.8 Å². The fourth-order valence-electron chi connectivity index (χ4n) is 3.41. The summed E-state index contributed by atoms with van der Waals surface area (Å²) in [5.41, 5.74) is 2.77. The van der Waals surface area contributed by atoms with Gasteiger partial charge in [-0.1, -0.05) is 25.1 Å². The number of methoxy groups -OCH3 is 1. The number of nitrogens with zero attached hydrogens (tertiary/aromatic N) is 2. The first-order valence-corrected chi connectivity index (χ1v) is 10.5.